The maximum absolute atomic E-state index is 13.1. The molecule has 1 aromatic carbocycles. The number of benzene rings is 1. The average Bonchev–Trinajstić information content (AvgIpc) is 2.72. The lowest BCUT2D eigenvalue weighted by atomic mass is 9.49. The Bertz CT molecular complexity index is 771. The fourth-order valence-corrected chi connectivity index (χ4v) is 6.32. The Kier molecular flexibility index (Phi) is 5.94. The molecule has 4 aliphatic carbocycles. The van der Waals surface area contributed by atoms with Gasteiger partial charge in [-0.2, -0.15) is 0 Å². The van der Waals surface area contributed by atoms with Gasteiger partial charge >= 0.3 is 0 Å². The van der Waals surface area contributed by atoms with Gasteiger partial charge in [-0.1, -0.05) is 6.07 Å². The van der Waals surface area contributed by atoms with Gasteiger partial charge in [-0.25, -0.2) is 0 Å². The highest BCUT2D eigenvalue weighted by Crippen LogP contribution is 2.60. The van der Waals surface area contributed by atoms with Crippen molar-refractivity contribution in [2.45, 2.75) is 57.9 Å². The van der Waals surface area contributed by atoms with E-state index in [0.717, 1.165) is 24.8 Å². The van der Waals surface area contributed by atoms with Gasteiger partial charge in [-0.15, -0.1) is 0 Å². The molecular formula is C24H34N2O4. The molecule has 0 aliphatic heterocycles. The van der Waals surface area contributed by atoms with Crippen molar-refractivity contribution in [3.05, 3.63) is 23.8 Å². The molecule has 0 heterocycles. The summed E-state index contributed by atoms with van der Waals surface area (Å²) in [5.41, 5.74) is 0.835. The summed E-state index contributed by atoms with van der Waals surface area (Å²) < 4.78 is 10.6. The van der Waals surface area contributed by atoms with Crippen molar-refractivity contribution in [1.29, 1.82) is 0 Å². The van der Waals surface area contributed by atoms with Crippen LogP contribution < -0.4 is 20.1 Å². The van der Waals surface area contributed by atoms with Crippen LogP contribution in [0.15, 0.2) is 18.2 Å². The zero-order valence-corrected chi connectivity index (χ0v) is 18.3. The molecule has 4 fully saturated rings. The van der Waals surface area contributed by atoms with Crippen LogP contribution in [0.3, 0.4) is 0 Å². The van der Waals surface area contributed by atoms with Crippen LogP contribution in [0, 0.1) is 23.2 Å². The number of nitrogens with one attached hydrogen (secondary N) is 2. The molecule has 30 heavy (non-hydrogen) atoms. The van der Waals surface area contributed by atoms with Crippen molar-refractivity contribution >= 4 is 11.8 Å². The van der Waals surface area contributed by atoms with Gasteiger partial charge in [0.05, 0.1) is 14.2 Å². The summed E-state index contributed by atoms with van der Waals surface area (Å²) in [6.45, 7) is 2.29. The van der Waals surface area contributed by atoms with Gasteiger partial charge in [0, 0.05) is 12.0 Å². The van der Waals surface area contributed by atoms with E-state index in [-0.39, 0.29) is 17.2 Å². The number of amides is 2. The highest BCUT2D eigenvalue weighted by atomic mass is 16.5. The molecule has 2 amide bonds. The molecule has 6 nitrogen and oxygen atoms in total. The second-order valence-electron chi connectivity index (χ2n) is 9.62. The first kappa shape index (κ1) is 21.0. The topological polar surface area (TPSA) is 76.7 Å². The fourth-order valence-electron chi connectivity index (χ4n) is 6.32. The van der Waals surface area contributed by atoms with Crippen LogP contribution >= 0.6 is 0 Å². The standard InChI is InChI=1S/C24H34N2O4/c1-15(22(27)25-7-6-16-4-5-20(29-2)21(11-16)30-3)26-23(28)24-12-17-8-18(13-24)10-19(9-17)14-24/h4-5,11,15,17-19H,6-10,12-14H2,1-3H3,(H,25,27)(H,26,28)/t15-,17?,18?,19?,24?/m0/s1. The molecule has 6 heteroatoms. The first-order chi connectivity index (χ1) is 14.4. The minimum Gasteiger partial charge on any atom is -0.493 e. The first-order valence-corrected chi connectivity index (χ1v) is 11.2. The highest BCUT2D eigenvalue weighted by molar-refractivity contribution is 5.90. The molecule has 0 spiro atoms. The largest absolute Gasteiger partial charge is 0.493 e. The van der Waals surface area contributed by atoms with E-state index in [9.17, 15) is 9.59 Å². The molecule has 2 N–H and O–H groups in total. The lowest BCUT2D eigenvalue weighted by Crippen LogP contribution is -2.56. The van der Waals surface area contributed by atoms with Crippen molar-refractivity contribution < 1.29 is 19.1 Å². The molecule has 4 aliphatic rings. The van der Waals surface area contributed by atoms with E-state index in [4.69, 9.17) is 9.47 Å². The van der Waals surface area contributed by atoms with Gasteiger partial charge in [0.1, 0.15) is 6.04 Å². The van der Waals surface area contributed by atoms with Crippen LogP contribution in [0.2, 0.25) is 0 Å². The molecule has 0 radical (unpaired) electrons. The van der Waals surface area contributed by atoms with Crippen molar-refractivity contribution in [3.63, 3.8) is 0 Å². The first-order valence-electron chi connectivity index (χ1n) is 11.2. The van der Waals surface area contributed by atoms with Crippen molar-refractivity contribution in [2.75, 3.05) is 20.8 Å². The quantitative estimate of drug-likeness (QED) is 0.685. The summed E-state index contributed by atoms with van der Waals surface area (Å²) in [5, 5.41) is 5.98. The third-order valence-electron chi connectivity index (χ3n) is 7.42. The molecule has 164 valence electrons. The maximum atomic E-state index is 13.1. The van der Waals surface area contributed by atoms with Crippen LogP contribution in [0.25, 0.3) is 0 Å². The van der Waals surface area contributed by atoms with Gasteiger partial charge in [0.25, 0.3) is 0 Å². The van der Waals surface area contributed by atoms with Crippen LogP contribution in [0.4, 0.5) is 0 Å². The monoisotopic (exact) mass is 414 g/mol. The van der Waals surface area contributed by atoms with Crippen LogP contribution in [0.1, 0.15) is 51.0 Å². The average molecular weight is 415 g/mol. The molecule has 1 atom stereocenters. The van der Waals surface area contributed by atoms with Crippen LogP contribution in [-0.2, 0) is 16.0 Å². The van der Waals surface area contributed by atoms with E-state index < -0.39 is 6.04 Å². The van der Waals surface area contributed by atoms with E-state index in [0.29, 0.717) is 42.2 Å². The number of hydrogen-bond donors (Lipinski definition) is 2. The van der Waals surface area contributed by atoms with Gasteiger partial charge in [-0.3, -0.25) is 9.59 Å². The second kappa shape index (κ2) is 8.48. The Morgan fingerprint density at radius 3 is 2.20 bits per heavy atom. The molecule has 4 bridgehead atoms. The van der Waals surface area contributed by atoms with Crippen molar-refractivity contribution in [2.24, 2.45) is 23.2 Å². The van der Waals surface area contributed by atoms with Crippen LogP contribution in [0.5, 0.6) is 11.5 Å². The van der Waals surface area contributed by atoms with E-state index >= 15 is 0 Å². The van der Waals surface area contributed by atoms with Crippen molar-refractivity contribution in [3.8, 4) is 11.5 Å². The maximum Gasteiger partial charge on any atom is 0.242 e. The van der Waals surface area contributed by atoms with Gasteiger partial charge in [0.15, 0.2) is 11.5 Å². The minimum absolute atomic E-state index is 0.101. The smallest absolute Gasteiger partial charge is 0.242 e. The number of carbonyl (C=O) groups is 2. The van der Waals surface area contributed by atoms with Crippen LogP contribution in [-0.4, -0.2) is 38.6 Å². The number of carbonyl (C=O) groups excluding carboxylic acids is 2. The third kappa shape index (κ3) is 4.14. The van der Waals surface area contributed by atoms with Gasteiger partial charge < -0.3 is 20.1 Å². The number of rotatable bonds is 8. The summed E-state index contributed by atoms with van der Waals surface area (Å²) in [4.78, 5) is 25.7. The Labute approximate surface area is 179 Å². The second-order valence-corrected chi connectivity index (χ2v) is 9.62. The number of ether oxygens (including phenoxy) is 2. The summed E-state index contributed by atoms with van der Waals surface area (Å²) in [7, 11) is 3.22. The molecule has 0 saturated heterocycles. The Balaban J connectivity index is 1.27. The zero-order valence-electron chi connectivity index (χ0n) is 18.3. The normalized spacial score (nSPS) is 29.9. The van der Waals surface area contributed by atoms with Gasteiger partial charge in [0.2, 0.25) is 11.8 Å². The van der Waals surface area contributed by atoms with Crippen molar-refractivity contribution in [1.82, 2.24) is 10.6 Å². The van der Waals surface area contributed by atoms with E-state index in [2.05, 4.69) is 10.6 Å². The minimum atomic E-state index is -0.518. The van der Waals surface area contributed by atoms with Gasteiger partial charge in [-0.05, 0) is 87.3 Å². The Hall–Kier alpha value is -2.24. The molecule has 5 rings (SSSR count). The Morgan fingerprint density at radius 1 is 1.03 bits per heavy atom. The molecule has 1 aromatic rings. The van der Waals surface area contributed by atoms with E-state index in [1.807, 2.05) is 18.2 Å². The predicted octanol–water partition coefficient (Wildman–Crippen LogP) is 3.08. The summed E-state index contributed by atoms with van der Waals surface area (Å²) in [5.74, 6) is 3.48. The highest BCUT2D eigenvalue weighted by Gasteiger charge is 2.54. The number of methoxy groups -OCH3 is 2. The fraction of sp³-hybridized carbons (Fsp3) is 0.667. The molecule has 0 unspecified atom stereocenters. The molecule has 4 saturated carbocycles. The summed E-state index contributed by atoms with van der Waals surface area (Å²) in [6, 6.07) is 5.23. The lowest BCUT2D eigenvalue weighted by molar-refractivity contribution is -0.148. The number of hydrogen-bond acceptors (Lipinski definition) is 4. The van der Waals surface area contributed by atoms with E-state index in [1.165, 1.54) is 19.3 Å². The van der Waals surface area contributed by atoms with E-state index in [1.54, 1.807) is 21.1 Å². The zero-order chi connectivity index (χ0) is 21.3. The lowest BCUT2D eigenvalue weighted by Gasteiger charge is -2.55. The third-order valence-corrected chi connectivity index (χ3v) is 7.42. The molecular weight excluding hydrogens is 380 g/mol. The Morgan fingerprint density at radius 2 is 1.63 bits per heavy atom. The molecule has 0 aromatic heterocycles. The SMILES string of the molecule is COc1ccc(CCNC(=O)[C@H](C)NC(=O)C23CC4CC(CC(C4)C2)C3)cc1OC. The predicted molar refractivity (Wildman–Crippen MR) is 114 cm³/mol. The summed E-state index contributed by atoms with van der Waals surface area (Å²) in [6.07, 6.45) is 7.63. The summed E-state index contributed by atoms with van der Waals surface area (Å²) >= 11 is 0.